The lowest BCUT2D eigenvalue weighted by Gasteiger charge is -2.22. The van der Waals surface area contributed by atoms with Gasteiger partial charge in [0.1, 0.15) is 0 Å². The van der Waals surface area contributed by atoms with E-state index in [1.165, 1.54) is 6.08 Å². The average molecular weight is 472 g/mol. The molecule has 0 radical (unpaired) electrons. The Morgan fingerprint density at radius 3 is 2.83 bits per heavy atom. The molecule has 1 amide bonds. The van der Waals surface area contributed by atoms with Crippen molar-refractivity contribution in [3.05, 3.63) is 58.1 Å². The zero-order valence-corrected chi connectivity index (χ0v) is 18.1. The highest BCUT2D eigenvalue weighted by Crippen LogP contribution is 2.44. The number of benzene rings is 2. The van der Waals surface area contributed by atoms with Crippen molar-refractivity contribution in [3.63, 3.8) is 0 Å². The van der Waals surface area contributed by atoms with E-state index in [0.29, 0.717) is 29.3 Å². The maximum absolute atomic E-state index is 13.1. The van der Waals surface area contributed by atoms with E-state index in [9.17, 15) is 14.7 Å². The van der Waals surface area contributed by atoms with Crippen LogP contribution >= 0.6 is 15.9 Å². The molecule has 0 bridgehead atoms. The minimum Gasteiger partial charge on any atom is -0.454 e. The molecular formula is C23H22BrNO5. The van der Waals surface area contributed by atoms with Gasteiger partial charge < -0.3 is 19.5 Å². The smallest absolute Gasteiger partial charge is 0.264 e. The van der Waals surface area contributed by atoms with Crippen molar-refractivity contribution in [1.82, 2.24) is 0 Å². The first-order valence-corrected chi connectivity index (χ1v) is 10.7. The number of fused-ring (bicyclic) bond motifs is 2. The lowest BCUT2D eigenvalue weighted by molar-refractivity contribution is -0.140. The second-order valence-electron chi connectivity index (χ2n) is 7.42. The Balaban J connectivity index is 1.56. The van der Waals surface area contributed by atoms with Crippen LogP contribution in [0.5, 0.6) is 11.5 Å². The number of rotatable bonds is 7. The lowest BCUT2D eigenvalue weighted by Crippen LogP contribution is -2.42. The first-order chi connectivity index (χ1) is 14.4. The summed E-state index contributed by atoms with van der Waals surface area (Å²) in [4.78, 5) is 27.4. The number of hydrogen-bond donors (Lipinski definition) is 1. The van der Waals surface area contributed by atoms with Crippen LogP contribution in [-0.4, -0.2) is 30.1 Å². The molecule has 4 rings (SSSR count). The van der Waals surface area contributed by atoms with Crippen LogP contribution < -0.4 is 14.4 Å². The molecule has 0 spiro atoms. The van der Waals surface area contributed by atoms with Crippen molar-refractivity contribution < 1.29 is 24.2 Å². The number of carbonyl (C=O) groups is 2. The van der Waals surface area contributed by atoms with Crippen molar-refractivity contribution in [3.8, 4) is 11.5 Å². The normalized spacial score (nSPS) is 19.6. The largest absolute Gasteiger partial charge is 0.454 e. The molecular weight excluding hydrogens is 450 g/mol. The van der Waals surface area contributed by atoms with Crippen molar-refractivity contribution in [2.45, 2.75) is 31.8 Å². The Labute approximate surface area is 183 Å². The van der Waals surface area contributed by atoms with Gasteiger partial charge in [-0.3, -0.25) is 9.59 Å². The van der Waals surface area contributed by atoms with Crippen LogP contribution in [0.15, 0.2) is 46.9 Å². The third-order valence-corrected chi connectivity index (χ3v) is 5.81. The molecule has 2 aromatic rings. The zero-order valence-electron chi connectivity index (χ0n) is 16.6. The number of hydrogen-bond acceptors (Lipinski definition) is 5. The van der Waals surface area contributed by atoms with Gasteiger partial charge in [0.25, 0.3) is 5.91 Å². The Bertz CT molecular complexity index is 1030. The molecule has 0 saturated heterocycles. The van der Waals surface area contributed by atoms with E-state index in [1.54, 1.807) is 35.2 Å². The maximum atomic E-state index is 13.1. The van der Waals surface area contributed by atoms with Crippen LogP contribution in [0.4, 0.5) is 5.69 Å². The molecule has 7 heteroatoms. The Hall–Kier alpha value is -2.64. The molecule has 0 unspecified atom stereocenters. The van der Waals surface area contributed by atoms with Crippen LogP contribution in [0.2, 0.25) is 0 Å². The van der Waals surface area contributed by atoms with Crippen molar-refractivity contribution in [1.29, 1.82) is 0 Å². The van der Waals surface area contributed by atoms with Gasteiger partial charge in [-0.15, -0.1) is 0 Å². The van der Waals surface area contributed by atoms with Gasteiger partial charge in [0.2, 0.25) is 6.79 Å². The average Bonchev–Trinajstić information content (AvgIpc) is 3.27. The SMILES string of the molecule is CCCCN1C(=O)[C@@](O)(CC(=O)/C=C/c2ccc3c(c2)OCO3)c2cc(Br)ccc21. The summed E-state index contributed by atoms with van der Waals surface area (Å²) in [5.41, 5.74) is 0.0166. The lowest BCUT2D eigenvalue weighted by atomic mass is 9.89. The summed E-state index contributed by atoms with van der Waals surface area (Å²) in [7, 11) is 0. The van der Waals surface area contributed by atoms with Crippen LogP contribution in [0.1, 0.15) is 37.3 Å². The Kier molecular flexibility index (Phi) is 5.66. The molecule has 6 nitrogen and oxygen atoms in total. The van der Waals surface area contributed by atoms with Gasteiger partial charge in [0.15, 0.2) is 22.9 Å². The summed E-state index contributed by atoms with van der Waals surface area (Å²) in [6.07, 6.45) is 4.44. The van der Waals surface area contributed by atoms with Gasteiger partial charge in [0.05, 0.1) is 12.1 Å². The van der Waals surface area contributed by atoms with Gasteiger partial charge in [-0.25, -0.2) is 0 Å². The summed E-state index contributed by atoms with van der Waals surface area (Å²) in [5.74, 6) is 0.499. The first-order valence-electron chi connectivity index (χ1n) is 9.87. The fraction of sp³-hybridized carbons (Fsp3) is 0.304. The van der Waals surface area contributed by atoms with E-state index in [-0.39, 0.29) is 19.0 Å². The van der Waals surface area contributed by atoms with E-state index in [4.69, 9.17) is 9.47 Å². The van der Waals surface area contributed by atoms with E-state index < -0.39 is 11.5 Å². The molecule has 0 aliphatic carbocycles. The molecule has 0 aromatic heterocycles. The molecule has 156 valence electrons. The van der Waals surface area contributed by atoms with Gasteiger partial charge in [0, 0.05) is 16.6 Å². The number of nitrogens with zero attached hydrogens (tertiary/aromatic N) is 1. The number of ketones is 1. The van der Waals surface area contributed by atoms with Crippen molar-refractivity contribution in [2.75, 3.05) is 18.2 Å². The predicted molar refractivity (Wildman–Crippen MR) is 117 cm³/mol. The minimum atomic E-state index is -1.87. The summed E-state index contributed by atoms with van der Waals surface area (Å²) in [6.45, 7) is 2.73. The number of halogens is 1. The second kappa shape index (κ2) is 8.24. The number of amides is 1. The maximum Gasteiger partial charge on any atom is 0.264 e. The third-order valence-electron chi connectivity index (χ3n) is 5.32. The Morgan fingerprint density at radius 1 is 1.23 bits per heavy atom. The van der Waals surface area contributed by atoms with Crippen LogP contribution in [-0.2, 0) is 15.2 Å². The number of carbonyl (C=O) groups excluding carboxylic acids is 2. The predicted octanol–water partition coefficient (Wildman–Crippen LogP) is 4.18. The molecule has 1 N–H and O–H groups in total. The molecule has 30 heavy (non-hydrogen) atoms. The van der Waals surface area contributed by atoms with Gasteiger partial charge in [-0.1, -0.05) is 41.4 Å². The van der Waals surface area contributed by atoms with Gasteiger partial charge in [-0.05, 0) is 48.4 Å². The molecule has 0 fully saturated rings. The first kappa shape index (κ1) is 20.6. The number of unbranched alkanes of at least 4 members (excludes halogenated alkanes) is 1. The van der Waals surface area contributed by atoms with Crippen LogP contribution in [0.3, 0.4) is 0 Å². The van der Waals surface area contributed by atoms with E-state index >= 15 is 0 Å². The number of anilines is 1. The Morgan fingerprint density at radius 2 is 2.03 bits per heavy atom. The topological polar surface area (TPSA) is 76.1 Å². The molecule has 2 aliphatic heterocycles. The molecule has 2 heterocycles. The minimum absolute atomic E-state index is 0.181. The van der Waals surface area contributed by atoms with Gasteiger partial charge in [-0.2, -0.15) is 0 Å². The highest BCUT2D eigenvalue weighted by molar-refractivity contribution is 9.10. The van der Waals surface area contributed by atoms with Crippen LogP contribution in [0, 0.1) is 0 Å². The fourth-order valence-corrected chi connectivity index (χ4v) is 4.11. The quantitative estimate of drug-likeness (QED) is 0.612. The van der Waals surface area contributed by atoms with Gasteiger partial charge >= 0.3 is 0 Å². The van der Waals surface area contributed by atoms with Crippen LogP contribution in [0.25, 0.3) is 6.08 Å². The van der Waals surface area contributed by atoms with Crippen molar-refractivity contribution in [2.24, 2.45) is 0 Å². The van der Waals surface area contributed by atoms with Crippen molar-refractivity contribution >= 4 is 39.4 Å². The highest BCUT2D eigenvalue weighted by Gasteiger charge is 2.50. The molecule has 1 atom stereocenters. The highest BCUT2D eigenvalue weighted by atomic mass is 79.9. The summed E-state index contributed by atoms with van der Waals surface area (Å²) in [5, 5.41) is 11.3. The van der Waals surface area contributed by atoms with E-state index in [2.05, 4.69) is 15.9 Å². The summed E-state index contributed by atoms with van der Waals surface area (Å²) in [6, 6.07) is 10.7. The fourth-order valence-electron chi connectivity index (χ4n) is 3.75. The zero-order chi connectivity index (χ0) is 21.3. The number of ether oxygens (including phenoxy) is 2. The number of aliphatic hydroxyl groups is 1. The molecule has 2 aromatic carbocycles. The summed E-state index contributed by atoms with van der Waals surface area (Å²) >= 11 is 3.40. The second-order valence-corrected chi connectivity index (χ2v) is 8.34. The van der Waals surface area contributed by atoms with E-state index in [0.717, 1.165) is 22.9 Å². The van der Waals surface area contributed by atoms with E-state index in [1.807, 2.05) is 19.1 Å². The monoisotopic (exact) mass is 471 g/mol. The third kappa shape index (κ3) is 3.75. The number of allylic oxidation sites excluding steroid dienone is 1. The molecule has 2 aliphatic rings. The standard InChI is InChI=1S/C23H22BrNO5/c1-2-3-10-25-19-8-6-16(24)12-18(19)23(28,22(25)27)13-17(26)7-4-15-5-9-20-21(11-15)30-14-29-20/h4-9,11-12,28H,2-3,10,13-14H2,1H3/b7-4+/t23-/m1/s1. The molecule has 0 saturated carbocycles. The summed E-state index contributed by atoms with van der Waals surface area (Å²) < 4.78 is 11.4.